The van der Waals surface area contributed by atoms with Gasteiger partial charge in [-0.15, -0.1) is 0 Å². The first-order valence-electron chi connectivity index (χ1n) is 9.68. The average molecular weight is 408 g/mol. The van der Waals surface area contributed by atoms with Crippen molar-refractivity contribution < 1.29 is 19.2 Å². The largest absolute Gasteiger partial charge is 0.344 e. The Kier molecular flexibility index (Phi) is 6.46. The highest BCUT2D eigenvalue weighted by molar-refractivity contribution is 6.02. The van der Waals surface area contributed by atoms with Crippen LogP contribution in [0, 0.1) is 5.92 Å². The third-order valence-corrected chi connectivity index (χ3v) is 4.77. The molecule has 0 aromatic heterocycles. The molecule has 1 saturated heterocycles. The summed E-state index contributed by atoms with van der Waals surface area (Å²) in [6, 6.07) is 15.1. The van der Waals surface area contributed by atoms with Gasteiger partial charge in [-0.2, -0.15) is 0 Å². The molecule has 30 heavy (non-hydrogen) atoms. The zero-order valence-corrected chi connectivity index (χ0v) is 16.8. The van der Waals surface area contributed by atoms with Crippen molar-refractivity contribution >= 4 is 40.7 Å². The number of benzene rings is 2. The molecule has 8 heteroatoms. The molecular formula is C22H24N4O4. The van der Waals surface area contributed by atoms with E-state index in [9.17, 15) is 19.2 Å². The molecule has 2 aromatic rings. The smallest absolute Gasteiger partial charge is 0.246 e. The fourth-order valence-corrected chi connectivity index (χ4v) is 3.27. The molecule has 1 heterocycles. The van der Waals surface area contributed by atoms with Crippen LogP contribution in [0.25, 0.3) is 0 Å². The second-order valence-corrected chi connectivity index (χ2v) is 7.22. The number of carbonyl (C=O) groups is 4. The van der Waals surface area contributed by atoms with Gasteiger partial charge in [-0.05, 0) is 37.3 Å². The summed E-state index contributed by atoms with van der Waals surface area (Å²) >= 11 is 0. The van der Waals surface area contributed by atoms with Gasteiger partial charge in [0.15, 0.2) is 0 Å². The van der Waals surface area contributed by atoms with Crippen LogP contribution in [-0.4, -0.2) is 36.2 Å². The minimum Gasteiger partial charge on any atom is -0.344 e. The topological polar surface area (TPSA) is 108 Å². The van der Waals surface area contributed by atoms with E-state index >= 15 is 0 Å². The molecule has 0 aliphatic carbocycles. The predicted molar refractivity (Wildman–Crippen MR) is 114 cm³/mol. The Morgan fingerprint density at radius 3 is 2.33 bits per heavy atom. The predicted octanol–water partition coefficient (Wildman–Crippen LogP) is 2.14. The van der Waals surface area contributed by atoms with Gasteiger partial charge < -0.3 is 20.9 Å². The van der Waals surface area contributed by atoms with Crippen molar-refractivity contribution in [2.24, 2.45) is 5.92 Å². The van der Waals surface area contributed by atoms with Crippen LogP contribution in [0.5, 0.6) is 0 Å². The van der Waals surface area contributed by atoms with Gasteiger partial charge in [0.05, 0.1) is 5.92 Å². The standard InChI is InChI=1S/C22H24N4O4/c1-14(21(29)25-18-8-6-7-17(12-18)24-15(2)27)23-22(30)16-11-20(28)26(13-16)19-9-4-3-5-10-19/h3-10,12,14,16H,11,13H2,1-2H3,(H,23,30)(H,24,27)(H,25,29)/t14-,16+/m0/s1. The van der Waals surface area contributed by atoms with Crippen LogP contribution in [0.15, 0.2) is 54.6 Å². The van der Waals surface area contributed by atoms with Crippen LogP contribution < -0.4 is 20.9 Å². The third kappa shape index (κ3) is 5.22. The summed E-state index contributed by atoms with van der Waals surface area (Å²) in [5.74, 6) is -1.58. The summed E-state index contributed by atoms with van der Waals surface area (Å²) in [7, 11) is 0. The van der Waals surface area contributed by atoms with Crippen molar-refractivity contribution in [3.63, 3.8) is 0 Å². The normalized spacial score (nSPS) is 16.7. The molecule has 4 amide bonds. The molecule has 156 valence electrons. The highest BCUT2D eigenvalue weighted by atomic mass is 16.2. The number of hydrogen-bond acceptors (Lipinski definition) is 4. The molecule has 0 unspecified atom stereocenters. The maximum absolute atomic E-state index is 12.6. The maximum atomic E-state index is 12.6. The highest BCUT2D eigenvalue weighted by Gasteiger charge is 2.35. The Morgan fingerprint density at radius 1 is 1.00 bits per heavy atom. The number of hydrogen-bond donors (Lipinski definition) is 3. The lowest BCUT2D eigenvalue weighted by atomic mass is 10.1. The number of rotatable bonds is 6. The van der Waals surface area contributed by atoms with Crippen molar-refractivity contribution in [2.75, 3.05) is 22.1 Å². The molecule has 1 fully saturated rings. The van der Waals surface area contributed by atoms with Gasteiger partial charge in [0.1, 0.15) is 6.04 Å². The fourth-order valence-electron chi connectivity index (χ4n) is 3.27. The first-order chi connectivity index (χ1) is 14.3. The molecule has 8 nitrogen and oxygen atoms in total. The van der Waals surface area contributed by atoms with Gasteiger partial charge in [-0.25, -0.2) is 0 Å². The molecule has 0 spiro atoms. The molecular weight excluding hydrogens is 384 g/mol. The van der Waals surface area contributed by atoms with E-state index in [0.29, 0.717) is 11.4 Å². The first kappa shape index (κ1) is 21.0. The summed E-state index contributed by atoms with van der Waals surface area (Å²) in [6.45, 7) is 3.26. The summed E-state index contributed by atoms with van der Waals surface area (Å²) in [5, 5.41) is 8.04. The number of nitrogens with one attached hydrogen (secondary N) is 3. The molecule has 3 rings (SSSR count). The van der Waals surface area contributed by atoms with Crippen molar-refractivity contribution in [2.45, 2.75) is 26.3 Å². The van der Waals surface area contributed by atoms with Crippen molar-refractivity contribution in [3.8, 4) is 0 Å². The summed E-state index contributed by atoms with van der Waals surface area (Å²) < 4.78 is 0. The van der Waals surface area contributed by atoms with Crippen molar-refractivity contribution in [1.29, 1.82) is 0 Å². The summed E-state index contributed by atoms with van der Waals surface area (Å²) in [4.78, 5) is 50.1. The van der Waals surface area contributed by atoms with E-state index < -0.39 is 17.9 Å². The van der Waals surface area contributed by atoms with Crippen LogP contribution in [0.1, 0.15) is 20.3 Å². The van der Waals surface area contributed by atoms with Crippen LogP contribution in [0.3, 0.4) is 0 Å². The average Bonchev–Trinajstić information content (AvgIpc) is 3.10. The number of anilines is 3. The molecule has 0 bridgehead atoms. The van der Waals surface area contributed by atoms with E-state index in [1.165, 1.54) is 6.92 Å². The summed E-state index contributed by atoms with van der Waals surface area (Å²) in [5.41, 5.74) is 1.81. The second kappa shape index (κ2) is 9.21. The lowest BCUT2D eigenvalue weighted by Crippen LogP contribution is -2.44. The van der Waals surface area contributed by atoms with Gasteiger partial charge in [-0.1, -0.05) is 24.3 Å². The first-order valence-corrected chi connectivity index (χ1v) is 9.68. The Balaban J connectivity index is 1.56. The van der Waals surface area contributed by atoms with Gasteiger partial charge in [0.25, 0.3) is 0 Å². The molecule has 2 aromatic carbocycles. The molecule has 2 atom stereocenters. The number of carbonyl (C=O) groups excluding carboxylic acids is 4. The lowest BCUT2D eigenvalue weighted by molar-refractivity contribution is -0.129. The van der Waals surface area contributed by atoms with Gasteiger partial charge in [0, 0.05) is 37.0 Å². The van der Waals surface area contributed by atoms with Gasteiger partial charge in [-0.3, -0.25) is 19.2 Å². The minimum atomic E-state index is -0.789. The van der Waals surface area contributed by atoms with Crippen molar-refractivity contribution in [1.82, 2.24) is 5.32 Å². The fraction of sp³-hybridized carbons (Fsp3) is 0.273. The molecule has 1 aliphatic rings. The van der Waals surface area contributed by atoms with E-state index in [1.807, 2.05) is 30.3 Å². The number of amides is 4. The number of para-hydroxylation sites is 1. The molecule has 3 N–H and O–H groups in total. The quantitative estimate of drug-likeness (QED) is 0.681. The lowest BCUT2D eigenvalue weighted by Gasteiger charge is -2.18. The monoisotopic (exact) mass is 408 g/mol. The van der Waals surface area contributed by atoms with Gasteiger partial charge >= 0.3 is 0 Å². The summed E-state index contributed by atoms with van der Waals surface area (Å²) in [6.07, 6.45) is 0.105. The molecule has 0 radical (unpaired) electrons. The van der Waals surface area contributed by atoms with Crippen LogP contribution in [0.4, 0.5) is 17.1 Å². The SMILES string of the molecule is CC(=O)Nc1cccc(NC(=O)[C@H](C)NC(=O)[C@@H]2CC(=O)N(c3ccccc3)C2)c1. The highest BCUT2D eigenvalue weighted by Crippen LogP contribution is 2.25. The number of nitrogens with zero attached hydrogens (tertiary/aromatic N) is 1. The van der Waals surface area contributed by atoms with E-state index in [1.54, 1.807) is 36.1 Å². The van der Waals surface area contributed by atoms with Crippen LogP contribution in [-0.2, 0) is 19.2 Å². The Morgan fingerprint density at radius 2 is 1.67 bits per heavy atom. The Hall–Kier alpha value is -3.68. The molecule has 0 saturated carbocycles. The zero-order chi connectivity index (χ0) is 21.7. The zero-order valence-electron chi connectivity index (χ0n) is 16.8. The molecule has 1 aliphatic heterocycles. The van der Waals surface area contributed by atoms with E-state index in [2.05, 4.69) is 16.0 Å². The second-order valence-electron chi connectivity index (χ2n) is 7.22. The third-order valence-electron chi connectivity index (χ3n) is 4.77. The minimum absolute atomic E-state index is 0.105. The Labute approximate surface area is 174 Å². The van der Waals surface area contributed by atoms with E-state index in [0.717, 1.165) is 5.69 Å². The Bertz CT molecular complexity index is 961. The maximum Gasteiger partial charge on any atom is 0.246 e. The van der Waals surface area contributed by atoms with Gasteiger partial charge in [0.2, 0.25) is 23.6 Å². The van der Waals surface area contributed by atoms with Crippen LogP contribution >= 0.6 is 0 Å². The van der Waals surface area contributed by atoms with E-state index in [4.69, 9.17) is 0 Å². The van der Waals surface area contributed by atoms with Crippen molar-refractivity contribution in [3.05, 3.63) is 54.6 Å². The van der Waals surface area contributed by atoms with E-state index in [-0.39, 0.29) is 30.7 Å². The van der Waals surface area contributed by atoms with Crippen LogP contribution in [0.2, 0.25) is 0 Å².